The van der Waals surface area contributed by atoms with Crippen molar-refractivity contribution in [3.05, 3.63) is 56.7 Å². The summed E-state index contributed by atoms with van der Waals surface area (Å²) >= 11 is 4.98. The Bertz CT molecular complexity index is 797. The number of aliphatic hydroxyl groups is 2. The zero-order valence-corrected chi connectivity index (χ0v) is 17.7. The normalized spacial score (nSPS) is 18.7. The number of benzene rings is 1. The molecular formula is C20H23BrN2O4S. The fourth-order valence-electron chi connectivity index (χ4n) is 3.38. The minimum absolute atomic E-state index is 0.163. The molecule has 6 nitrogen and oxygen atoms in total. The predicted octanol–water partition coefficient (Wildman–Crippen LogP) is 2.25. The van der Waals surface area contributed by atoms with Crippen molar-refractivity contribution in [2.75, 3.05) is 13.1 Å². The lowest BCUT2D eigenvalue weighted by Crippen LogP contribution is -2.50. The molecule has 0 bridgehead atoms. The van der Waals surface area contributed by atoms with E-state index in [-0.39, 0.29) is 6.04 Å². The molecule has 2 heterocycles. The van der Waals surface area contributed by atoms with E-state index < -0.39 is 24.0 Å². The van der Waals surface area contributed by atoms with E-state index in [1.54, 1.807) is 16.2 Å². The Labute approximate surface area is 176 Å². The number of amides is 2. The van der Waals surface area contributed by atoms with E-state index in [0.717, 1.165) is 27.8 Å². The zero-order valence-electron chi connectivity index (χ0n) is 15.3. The van der Waals surface area contributed by atoms with E-state index in [1.165, 1.54) is 0 Å². The summed E-state index contributed by atoms with van der Waals surface area (Å²) in [7, 11) is 0. The Morgan fingerprint density at radius 3 is 2.64 bits per heavy atom. The van der Waals surface area contributed by atoms with E-state index in [4.69, 9.17) is 0 Å². The van der Waals surface area contributed by atoms with Crippen molar-refractivity contribution in [3.63, 3.8) is 0 Å². The Morgan fingerprint density at radius 1 is 1.21 bits per heavy atom. The first-order chi connectivity index (χ1) is 13.5. The molecule has 1 unspecified atom stereocenters. The molecule has 1 aromatic heterocycles. The van der Waals surface area contributed by atoms with Gasteiger partial charge in [0.1, 0.15) is 0 Å². The maximum absolute atomic E-state index is 12.7. The molecule has 2 aromatic rings. The van der Waals surface area contributed by atoms with Gasteiger partial charge >= 0.3 is 0 Å². The average molecular weight is 467 g/mol. The Hall–Kier alpha value is -1.74. The number of aliphatic hydroxyl groups excluding tert-OH is 2. The lowest BCUT2D eigenvalue weighted by Gasteiger charge is -2.28. The molecule has 1 fully saturated rings. The molecular weight excluding hydrogens is 444 g/mol. The van der Waals surface area contributed by atoms with Gasteiger partial charge in [-0.1, -0.05) is 34.1 Å². The number of hydrogen-bond acceptors (Lipinski definition) is 5. The van der Waals surface area contributed by atoms with E-state index in [1.807, 2.05) is 41.8 Å². The highest BCUT2D eigenvalue weighted by Gasteiger charge is 2.38. The molecule has 1 aromatic carbocycles. The minimum atomic E-state index is -1.79. The van der Waals surface area contributed by atoms with Crippen LogP contribution in [0, 0.1) is 0 Å². The Kier molecular flexibility index (Phi) is 7.23. The molecule has 3 rings (SSSR count). The maximum atomic E-state index is 12.7. The van der Waals surface area contributed by atoms with Crippen LogP contribution in [0.4, 0.5) is 0 Å². The van der Waals surface area contributed by atoms with Gasteiger partial charge in [-0.3, -0.25) is 9.59 Å². The number of rotatable bonds is 7. The lowest BCUT2D eigenvalue weighted by atomic mass is 10.0. The zero-order chi connectivity index (χ0) is 20.1. The minimum Gasteiger partial charge on any atom is -0.380 e. The van der Waals surface area contributed by atoms with Gasteiger partial charge in [0.2, 0.25) is 0 Å². The molecule has 3 N–H and O–H groups in total. The smallest absolute Gasteiger partial charge is 0.255 e. The largest absolute Gasteiger partial charge is 0.380 e. The van der Waals surface area contributed by atoms with Gasteiger partial charge in [0, 0.05) is 22.4 Å². The van der Waals surface area contributed by atoms with Crippen LogP contribution in [0.15, 0.2) is 46.3 Å². The van der Waals surface area contributed by atoms with Gasteiger partial charge in [-0.25, -0.2) is 0 Å². The third-order valence-electron chi connectivity index (χ3n) is 4.86. The SMILES string of the molecule is O=C(NCCc1cccs1)[C@H](O)[C@@H](O)C(=O)N1CCCC1c1ccc(Br)cc1. The van der Waals surface area contributed by atoms with Crippen molar-refractivity contribution >= 4 is 39.1 Å². The second-order valence-corrected chi connectivity index (χ2v) is 8.70. The first-order valence-corrected chi connectivity index (χ1v) is 10.9. The topological polar surface area (TPSA) is 89.9 Å². The predicted molar refractivity (Wildman–Crippen MR) is 111 cm³/mol. The summed E-state index contributed by atoms with van der Waals surface area (Å²) in [5, 5.41) is 25.0. The third-order valence-corrected chi connectivity index (χ3v) is 6.33. The molecule has 1 aliphatic rings. The van der Waals surface area contributed by atoms with Crippen LogP contribution in [-0.2, 0) is 16.0 Å². The molecule has 28 heavy (non-hydrogen) atoms. The van der Waals surface area contributed by atoms with Crippen LogP contribution >= 0.6 is 27.3 Å². The van der Waals surface area contributed by atoms with Crippen LogP contribution in [0.25, 0.3) is 0 Å². The Balaban J connectivity index is 1.57. The summed E-state index contributed by atoms with van der Waals surface area (Å²) in [6, 6.07) is 11.4. The molecule has 0 spiro atoms. The van der Waals surface area contributed by atoms with Crippen LogP contribution in [0.5, 0.6) is 0 Å². The van der Waals surface area contributed by atoms with Crippen LogP contribution in [0.2, 0.25) is 0 Å². The van der Waals surface area contributed by atoms with Crippen molar-refractivity contribution in [2.24, 2.45) is 0 Å². The molecule has 1 saturated heterocycles. The van der Waals surface area contributed by atoms with E-state index >= 15 is 0 Å². The summed E-state index contributed by atoms with van der Waals surface area (Å²) in [5.41, 5.74) is 0.969. The second-order valence-electron chi connectivity index (χ2n) is 6.75. The first kappa shape index (κ1) is 21.0. The molecule has 150 valence electrons. The van der Waals surface area contributed by atoms with Crippen molar-refractivity contribution < 1.29 is 19.8 Å². The van der Waals surface area contributed by atoms with Crippen LogP contribution in [0.1, 0.15) is 29.3 Å². The summed E-state index contributed by atoms with van der Waals surface area (Å²) in [4.78, 5) is 27.5. The number of thiophene rings is 1. The molecule has 1 aliphatic heterocycles. The van der Waals surface area contributed by atoms with Crippen LogP contribution in [0.3, 0.4) is 0 Å². The fourth-order valence-corrected chi connectivity index (χ4v) is 4.35. The number of hydrogen-bond donors (Lipinski definition) is 3. The summed E-state index contributed by atoms with van der Waals surface area (Å²) in [6.07, 6.45) is -1.34. The Morgan fingerprint density at radius 2 is 1.96 bits per heavy atom. The fraction of sp³-hybridized carbons (Fsp3) is 0.400. The van der Waals surface area contributed by atoms with Crippen molar-refractivity contribution in [3.8, 4) is 0 Å². The number of likely N-dealkylation sites (tertiary alicyclic amines) is 1. The molecule has 0 saturated carbocycles. The van der Waals surface area contributed by atoms with Crippen molar-refractivity contribution in [2.45, 2.75) is 37.5 Å². The van der Waals surface area contributed by atoms with Crippen LogP contribution in [-0.4, -0.2) is 52.2 Å². The average Bonchev–Trinajstić information content (AvgIpc) is 3.38. The number of nitrogens with zero attached hydrogens (tertiary/aromatic N) is 1. The lowest BCUT2D eigenvalue weighted by molar-refractivity contribution is -0.153. The highest BCUT2D eigenvalue weighted by molar-refractivity contribution is 9.10. The molecule has 0 radical (unpaired) electrons. The maximum Gasteiger partial charge on any atom is 0.255 e. The van der Waals surface area contributed by atoms with Crippen molar-refractivity contribution in [1.82, 2.24) is 10.2 Å². The standard InChI is InChI=1S/C20H23BrN2O4S/c21-14-7-5-13(6-8-14)16-4-1-11-23(16)20(27)18(25)17(24)19(26)22-10-9-15-3-2-12-28-15/h2-3,5-8,12,16-18,24-25H,1,4,9-11H2,(H,22,26)/t16?,17-,18-/m1/s1. The number of halogens is 1. The highest BCUT2D eigenvalue weighted by atomic mass is 79.9. The highest BCUT2D eigenvalue weighted by Crippen LogP contribution is 2.33. The number of nitrogens with one attached hydrogen (secondary N) is 1. The number of carbonyl (C=O) groups excluding carboxylic acids is 2. The van der Waals surface area contributed by atoms with Gasteiger partial charge in [0.25, 0.3) is 11.8 Å². The number of carbonyl (C=O) groups is 2. The summed E-state index contributed by atoms with van der Waals surface area (Å²) in [6.45, 7) is 0.825. The first-order valence-electron chi connectivity index (χ1n) is 9.19. The van der Waals surface area contributed by atoms with Crippen LogP contribution < -0.4 is 5.32 Å². The van der Waals surface area contributed by atoms with E-state index in [2.05, 4.69) is 21.2 Å². The van der Waals surface area contributed by atoms with Gasteiger partial charge in [0.15, 0.2) is 12.2 Å². The molecule has 8 heteroatoms. The molecule has 3 atom stereocenters. The summed E-state index contributed by atoms with van der Waals surface area (Å²) < 4.78 is 0.946. The molecule has 0 aliphatic carbocycles. The second kappa shape index (κ2) is 9.65. The monoisotopic (exact) mass is 466 g/mol. The van der Waals surface area contributed by atoms with Gasteiger partial charge in [-0.15, -0.1) is 11.3 Å². The quantitative estimate of drug-likeness (QED) is 0.583. The van der Waals surface area contributed by atoms with Gasteiger partial charge in [0.05, 0.1) is 6.04 Å². The third kappa shape index (κ3) is 5.00. The van der Waals surface area contributed by atoms with Gasteiger partial charge < -0.3 is 20.4 Å². The molecule has 2 amide bonds. The van der Waals surface area contributed by atoms with Crippen molar-refractivity contribution in [1.29, 1.82) is 0 Å². The van der Waals surface area contributed by atoms with Gasteiger partial charge in [-0.05, 0) is 48.4 Å². The van der Waals surface area contributed by atoms with E-state index in [9.17, 15) is 19.8 Å². The van der Waals surface area contributed by atoms with E-state index in [0.29, 0.717) is 19.5 Å². The summed E-state index contributed by atoms with van der Waals surface area (Å²) in [5.74, 6) is -1.36. The van der Waals surface area contributed by atoms with Gasteiger partial charge in [-0.2, -0.15) is 0 Å².